The van der Waals surface area contributed by atoms with Crippen molar-refractivity contribution in [1.29, 1.82) is 0 Å². The van der Waals surface area contributed by atoms with Gasteiger partial charge in [0, 0.05) is 15.2 Å². The van der Waals surface area contributed by atoms with Crippen molar-refractivity contribution in [2.45, 2.75) is 0 Å². The lowest BCUT2D eigenvalue weighted by Crippen LogP contribution is -1.89. The summed E-state index contributed by atoms with van der Waals surface area (Å²) in [7, 11) is 0. The van der Waals surface area contributed by atoms with Gasteiger partial charge in [-0.05, 0) is 77.9 Å². The second kappa shape index (κ2) is 7.58. The molecule has 1 nitrogen and oxygen atoms in total. The number of halogens is 1. The molecule has 0 bridgehead atoms. The third kappa shape index (κ3) is 2.85. The fourth-order valence-electron chi connectivity index (χ4n) is 5.22. The molecule has 0 spiro atoms. The SMILES string of the molecule is Brc1c2ccccc2c(-c2ccccc2)c2cc(-c3cccc4oc5ccccc5c34)ccc12. The van der Waals surface area contributed by atoms with Gasteiger partial charge in [0.25, 0.3) is 0 Å². The maximum absolute atomic E-state index is 6.16. The Hall–Kier alpha value is -3.88. The number of rotatable bonds is 2. The van der Waals surface area contributed by atoms with Gasteiger partial charge in [0.2, 0.25) is 0 Å². The molecule has 0 saturated carbocycles. The van der Waals surface area contributed by atoms with Gasteiger partial charge in [-0.25, -0.2) is 0 Å². The molecule has 0 amide bonds. The van der Waals surface area contributed by atoms with E-state index in [-0.39, 0.29) is 0 Å². The highest BCUT2D eigenvalue weighted by molar-refractivity contribution is 9.10. The average molecular weight is 499 g/mol. The molecule has 6 aromatic carbocycles. The van der Waals surface area contributed by atoms with E-state index in [0.717, 1.165) is 21.0 Å². The van der Waals surface area contributed by atoms with Crippen LogP contribution in [0.1, 0.15) is 0 Å². The third-order valence-corrected chi connectivity index (χ3v) is 7.59. The van der Waals surface area contributed by atoms with Crippen molar-refractivity contribution in [1.82, 2.24) is 0 Å². The predicted octanol–water partition coefficient (Wildman–Crippen LogP) is 9.99. The minimum Gasteiger partial charge on any atom is -0.456 e. The van der Waals surface area contributed by atoms with Gasteiger partial charge in [0.15, 0.2) is 0 Å². The van der Waals surface area contributed by atoms with Gasteiger partial charge in [0.1, 0.15) is 11.2 Å². The molecule has 1 heterocycles. The smallest absolute Gasteiger partial charge is 0.136 e. The van der Waals surface area contributed by atoms with E-state index in [1.807, 2.05) is 12.1 Å². The summed E-state index contributed by atoms with van der Waals surface area (Å²) in [6.07, 6.45) is 0. The van der Waals surface area contributed by atoms with Gasteiger partial charge in [-0.1, -0.05) is 97.1 Å². The van der Waals surface area contributed by atoms with Crippen LogP contribution in [0, 0.1) is 0 Å². The molecule has 2 heteroatoms. The predicted molar refractivity (Wildman–Crippen MR) is 147 cm³/mol. The largest absolute Gasteiger partial charge is 0.456 e. The maximum atomic E-state index is 6.16. The summed E-state index contributed by atoms with van der Waals surface area (Å²) >= 11 is 3.92. The van der Waals surface area contributed by atoms with Crippen molar-refractivity contribution in [3.63, 3.8) is 0 Å². The zero-order valence-electron chi connectivity index (χ0n) is 18.3. The Morgan fingerprint density at radius 2 is 1.15 bits per heavy atom. The Morgan fingerprint density at radius 1 is 0.471 bits per heavy atom. The lowest BCUT2D eigenvalue weighted by Gasteiger charge is -2.16. The lowest BCUT2D eigenvalue weighted by atomic mass is 9.89. The van der Waals surface area contributed by atoms with Crippen LogP contribution >= 0.6 is 15.9 Å². The minimum absolute atomic E-state index is 0.918. The highest BCUT2D eigenvalue weighted by Gasteiger charge is 2.17. The molecular formula is C32H19BrO. The quantitative estimate of drug-likeness (QED) is 0.216. The zero-order valence-corrected chi connectivity index (χ0v) is 19.8. The summed E-state index contributed by atoms with van der Waals surface area (Å²) in [5.41, 5.74) is 6.70. The summed E-state index contributed by atoms with van der Waals surface area (Å²) in [6, 6.07) is 40.8. The molecule has 0 radical (unpaired) electrons. The van der Waals surface area contributed by atoms with Gasteiger partial charge in [-0.3, -0.25) is 0 Å². The average Bonchev–Trinajstić information content (AvgIpc) is 3.28. The van der Waals surface area contributed by atoms with E-state index in [0.29, 0.717) is 0 Å². The van der Waals surface area contributed by atoms with Gasteiger partial charge in [0.05, 0.1) is 0 Å². The molecule has 7 rings (SSSR count). The molecule has 0 aliphatic heterocycles. The Balaban J connectivity index is 1.61. The highest BCUT2D eigenvalue weighted by atomic mass is 79.9. The van der Waals surface area contributed by atoms with E-state index >= 15 is 0 Å². The molecule has 0 fully saturated rings. The molecule has 0 aliphatic rings. The van der Waals surface area contributed by atoms with Crippen molar-refractivity contribution in [3.8, 4) is 22.3 Å². The van der Waals surface area contributed by atoms with Crippen LogP contribution in [-0.2, 0) is 0 Å². The monoisotopic (exact) mass is 498 g/mol. The molecule has 1 aromatic heterocycles. The van der Waals surface area contributed by atoms with Crippen LogP contribution in [0.15, 0.2) is 124 Å². The summed E-state index contributed by atoms with van der Waals surface area (Å²) in [4.78, 5) is 0. The first-order chi connectivity index (χ1) is 16.8. The third-order valence-electron chi connectivity index (χ3n) is 6.73. The molecule has 160 valence electrons. The lowest BCUT2D eigenvalue weighted by molar-refractivity contribution is 0.669. The first-order valence-electron chi connectivity index (χ1n) is 11.4. The van der Waals surface area contributed by atoms with Crippen LogP contribution in [0.3, 0.4) is 0 Å². The van der Waals surface area contributed by atoms with Crippen molar-refractivity contribution in [2.24, 2.45) is 0 Å². The van der Waals surface area contributed by atoms with Crippen molar-refractivity contribution >= 4 is 59.4 Å². The van der Waals surface area contributed by atoms with Gasteiger partial charge >= 0.3 is 0 Å². The first-order valence-corrected chi connectivity index (χ1v) is 12.2. The summed E-state index contributed by atoms with van der Waals surface area (Å²) < 4.78 is 7.30. The van der Waals surface area contributed by atoms with Crippen LogP contribution in [0.2, 0.25) is 0 Å². The van der Waals surface area contributed by atoms with Gasteiger partial charge in [-0.2, -0.15) is 0 Å². The molecular weight excluding hydrogens is 480 g/mol. The minimum atomic E-state index is 0.918. The molecule has 0 unspecified atom stereocenters. The van der Waals surface area contributed by atoms with E-state index in [2.05, 4.69) is 119 Å². The van der Waals surface area contributed by atoms with E-state index in [4.69, 9.17) is 4.42 Å². The number of hydrogen-bond donors (Lipinski definition) is 0. The molecule has 0 saturated heterocycles. The number of fused-ring (bicyclic) bond motifs is 5. The second-order valence-corrected chi connectivity index (χ2v) is 9.43. The Bertz CT molecular complexity index is 1860. The van der Waals surface area contributed by atoms with Crippen molar-refractivity contribution < 1.29 is 4.42 Å². The van der Waals surface area contributed by atoms with Crippen LogP contribution in [-0.4, -0.2) is 0 Å². The topological polar surface area (TPSA) is 13.1 Å². The molecule has 0 atom stereocenters. The Kier molecular flexibility index (Phi) is 4.36. The number of benzene rings is 6. The molecule has 7 aromatic rings. The van der Waals surface area contributed by atoms with E-state index < -0.39 is 0 Å². The van der Waals surface area contributed by atoms with Crippen LogP contribution in [0.25, 0.3) is 65.7 Å². The molecule has 0 N–H and O–H groups in total. The van der Waals surface area contributed by atoms with Crippen LogP contribution in [0.5, 0.6) is 0 Å². The zero-order chi connectivity index (χ0) is 22.6. The fraction of sp³-hybridized carbons (Fsp3) is 0. The van der Waals surface area contributed by atoms with E-state index in [1.54, 1.807) is 0 Å². The van der Waals surface area contributed by atoms with E-state index in [9.17, 15) is 0 Å². The fourth-order valence-corrected chi connectivity index (χ4v) is 5.92. The summed E-state index contributed by atoms with van der Waals surface area (Å²) in [5.74, 6) is 0. The number of hydrogen-bond acceptors (Lipinski definition) is 1. The summed E-state index contributed by atoms with van der Waals surface area (Å²) in [5, 5.41) is 7.24. The number of furan rings is 1. The van der Waals surface area contributed by atoms with Crippen LogP contribution < -0.4 is 0 Å². The van der Waals surface area contributed by atoms with Gasteiger partial charge in [-0.15, -0.1) is 0 Å². The second-order valence-electron chi connectivity index (χ2n) is 8.64. The molecule has 34 heavy (non-hydrogen) atoms. The van der Waals surface area contributed by atoms with E-state index in [1.165, 1.54) is 49.2 Å². The van der Waals surface area contributed by atoms with Crippen LogP contribution in [0.4, 0.5) is 0 Å². The van der Waals surface area contributed by atoms with Crippen molar-refractivity contribution in [2.75, 3.05) is 0 Å². The maximum Gasteiger partial charge on any atom is 0.136 e. The highest BCUT2D eigenvalue weighted by Crippen LogP contribution is 2.44. The first kappa shape index (κ1) is 19.6. The Morgan fingerprint density at radius 3 is 2.00 bits per heavy atom. The van der Waals surface area contributed by atoms with Crippen molar-refractivity contribution in [3.05, 3.63) is 120 Å². The Labute approximate surface area is 205 Å². The van der Waals surface area contributed by atoms with Gasteiger partial charge < -0.3 is 4.42 Å². The standard InChI is InChI=1S/C32H19BrO/c33-32-24-12-5-4-11-23(24)30(20-9-2-1-3-10-20)27-19-21(17-18-25(27)32)22-14-8-16-29-31(22)26-13-6-7-15-28(26)34-29/h1-19H. The number of para-hydroxylation sites is 1. The summed E-state index contributed by atoms with van der Waals surface area (Å²) in [6.45, 7) is 0. The normalized spacial score (nSPS) is 11.7. The molecule has 0 aliphatic carbocycles.